The number of nitrogens with one attached hydrogen (secondary N) is 1. The van der Waals surface area contributed by atoms with Gasteiger partial charge in [-0.15, -0.1) is 0 Å². The van der Waals surface area contributed by atoms with E-state index in [4.69, 9.17) is 14.2 Å². The summed E-state index contributed by atoms with van der Waals surface area (Å²) in [5.41, 5.74) is 1.02. The van der Waals surface area contributed by atoms with Crippen molar-refractivity contribution >= 4 is 29.2 Å². The molecule has 0 aliphatic carbocycles. The van der Waals surface area contributed by atoms with Crippen LogP contribution in [0.15, 0.2) is 78.9 Å². The summed E-state index contributed by atoms with van der Waals surface area (Å²) in [6, 6.07) is 23.1. The lowest BCUT2D eigenvalue weighted by atomic mass is 10.2. The van der Waals surface area contributed by atoms with Crippen molar-refractivity contribution in [1.82, 2.24) is 0 Å². The smallest absolute Gasteiger partial charge is 0.326 e. The predicted octanol–water partition coefficient (Wildman–Crippen LogP) is 3.77. The maximum Gasteiger partial charge on any atom is 0.326 e. The van der Waals surface area contributed by atoms with Crippen LogP contribution in [0.3, 0.4) is 0 Å². The number of ether oxygens (including phenoxy) is 3. The highest BCUT2D eigenvalue weighted by atomic mass is 16.5. The number of benzene rings is 3. The molecule has 2 amide bonds. The van der Waals surface area contributed by atoms with Gasteiger partial charge in [0.1, 0.15) is 23.8 Å². The van der Waals surface area contributed by atoms with E-state index >= 15 is 0 Å². The molecule has 1 aliphatic heterocycles. The summed E-state index contributed by atoms with van der Waals surface area (Å²) in [6.07, 6.45) is -1.05. The molecule has 0 spiro atoms. The van der Waals surface area contributed by atoms with Crippen LogP contribution >= 0.6 is 0 Å². The number of carbonyl (C=O) groups is 3. The molecule has 168 valence electrons. The van der Waals surface area contributed by atoms with Gasteiger partial charge in [0.2, 0.25) is 0 Å². The van der Waals surface area contributed by atoms with Crippen LogP contribution in [0, 0.1) is 0 Å². The minimum atomic E-state index is -1.05. The first kappa shape index (κ1) is 21.9. The van der Waals surface area contributed by atoms with Gasteiger partial charge in [-0.05, 0) is 55.5 Å². The van der Waals surface area contributed by atoms with Crippen molar-refractivity contribution in [3.8, 4) is 17.2 Å². The lowest BCUT2D eigenvalue weighted by molar-refractivity contribution is -0.152. The standard InChI is InChI=1S/C25H22N2O6/c1-17(32-24(29)15-27-21-9-5-6-10-22(21)31-16-23(27)28)25(30)26-18-11-13-20(14-12-18)33-19-7-3-2-4-8-19/h2-14,17H,15-16H2,1H3,(H,26,30). The van der Waals surface area contributed by atoms with Crippen LogP contribution < -0.4 is 19.7 Å². The van der Waals surface area contributed by atoms with Gasteiger partial charge in [-0.25, -0.2) is 0 Å². The van der Waals surface area contributed by atoms with Gasteiger partial charge in [-0.3, -0.25) is 19.3 Å². The Bertz CT molecular complexity index is 1150. The number of carbonyl (C=O) groups excluding carboxylic acids is 3. The van der Waals surface area contributed by atoms with Crippen LogP contribution in [0.5, 0.6) is 17.2 Å². The highest BCUT2D eigenvalue weighted by Crippen LogP contribution is 2.31. The molecule has 4 rings (SSSR count). The van der Waals surface area contributed by atoms with Gasteiger partial charge >= 0.3 is 5.97 Å². The summed E-state index contributed by atoms with van der Waals surface area (Å²) < 4.78 is 16.3. The van der Waals surface area contributed by atoms with Crippen molar-refractivity contribution in [3.63, 3.8) is 0 Å². The molecule has 1 unspecified atom stereocenters. The second kappa shape index (κ2) is 9.86. The number of anilines is 2. The van der Waals surface area contributed by atoms with Gasteiger partial charge in [0.25, 0.3) is 11.8 Å². The van der Waals surface area contributed by atoms with Gasteiger partial charge in [0.15, 0.2) is 12.7 Å². The van der Waals surface area contributed by atoms with Crippen LogP contribution in [0.2, 0.25) is 0 Å². The monoisotopic (exact) mass is 446 g/mol. The van der Waals surface area contributed by atoms with Crippen LogP contribution in [0.4, 0.5) is 11.4 Å². The van der Waals surface area contributed by atoms with Crippen molar-refractivity contribution in [2.45, 2.75) is 13.0 Å². The first-order chi connectivity index (χ1) is 16.0. The first-order valence-corrected chi connectivity index (χ1v) is 10.3. The molecule has 3 aromatic carbocycles. The molecule has 3 aromatic rings. The SMILES string of the molecule is CC(OC(=O)CN1C(=O)COc2ccccc21)C(=O)Nc1ccc(Oc2ccccc2)cc1. The second-order valence-electron chi connectivity index (χ2n) is 7.30. The fourth-order valence-electron chi connectivity index (χ4n) is 3.22. The Labute approximate surface area is 190 Å². The molecule has 0 bridgehead atoms. The Balaban J connectivity index is 1.30. The van der Waals surface area contributed by atoms with Crippen LogP contribution in [0.1, 0.15) is 6.92 Å². The minimum Gasteiger partial charge on any atom is -0.482 e. The third-order valence-electron chi connectivity index (χ3n) is 4.87. The summed E-state index contributed by atoms with van der Waals surface area (Å²) in [5, 5.41) is 2.69. The van der Waals surface area contributed by atoms with Gasteiger partial charge in [0.05, 0.1) is 5.69 Å². The second-order valence-corrected chi connectivity index (χ2v) is 7.30. The topological polar surface area (TPSA) is 94.2 Å². The highest BCUT2D eigenvalue weighted by Gasteiger charge is 2.28. The van der Waals surface area contributed by atoms with E-state index in [1.165, 1.54) is 11.8 Å². The van der Waals surface area contributed by atoms with Gasteiger partial charge < -0.3 is 19.5 Å². The lowest BCUT2D eigenvalue weighted by Crippen LogP contribution is -2.43. The Kier molecular flexibility index (Phi) is 6.54. The van der Waals surface area contributed by atoms with Crippen molar-refractivity contribution in [2.24, 2.45) is 0 Å². The highest BCUT2D eigenvalue weighted by molar-refractivity contribution is 6.02. The number of esters is 1. The summed E-state index contributed by atoms with van der Waals surface area (Å²) in [4.78, 5) is 38.3. The third kappa shape index (κ3) is 5.48. The number of fused-ring (bicyclic) bond motifs is 1. The predicted molar refractivity (Wildman–Crippen MR) is 121 cm³/mol. The van der Waals surface area contributed by atoms with E-state index in [1.54, 1.807) is 48.5 Å². The molecule has 1 aliphatic rings. The molecule has 1 N–H and O–H groups in total. The van der Waals surface area contributed by atoms with E-state index in [0.717, 1.165) is 0 Å². The fraction of sp³-hybridized carbons (Fsp3) is 0.160. The van der Waals surface area contributed by atoms with Crippen molar-refractivity contribution < 1.29 is 28.6 Å². The third-order valence-corrected chi connectivity index (χ3v) is 4.87. The molecule has 0 saturated carbocycles. The number of para-hydroxylation sites is 3. The Hall–Kier alpha value is -4.33. The van der Waals surface area contributed by atoms with Crippen LogP contribution in [0.25, 0.3) is 0 Å². The first-order valence-electron chi connectivity index (χ1n) is 10.3. The van der Waals surface area contributed by atoms with E-state index in [2.05, 4.69) is 5.32 Å². The Morgan fingerprint density at radius 2 is 1.64 bits per heavy atom. The molecule has 33 heavy (non-hydrogen) atoms. The molecule has 0 aromatic heterocycles. The largest absolute Gasteiger partial charge is 0.482 e. The number of rotatable bonds is 7. The molecule has 0 radical (unpaired) electrons. The number of hydrogen-bond donors (Lipinski definition) is 1. The van der Waals surface area contributed by atoms with E-state index in [-0.39, 0.29) is 19.1 Å². The normalized spacial score (nSPS) is 13.4. The van der Waals surface area contributed by atoms with Crippen LogP contribution in [-0.4, -0.2) is 37.0 Å². The van der Waals surface area contributed by atoms with E-state index in [9.17, 15) is 14.4 Å². The molecule has 1 heterocycles. The lowest BCUT2D eigenvalue weighted by Gasteiger charge is -2.28. The van der Waals surface area contributed by atoms with Gasteiger partial charge in [-0.1, -0.05) is 30.3 Å². The zero-order valence-electron chi connectivity index (χ0n) is 17.9. The van der Waals surface area contributed by atoms with E-state index in [0.29, 0.717) is 28.6 Å². The maximum atomic E-state index is 12.5. The van der Waals surface area contributed by atoms with Crippen molar-refractivity contribution in [2.75, 3.05) is 23.4 Å². The van der Waals surface area contributed by atoms with E-state index in [1.807, 2.05) is 30.3 Å². The molecule has 0 saturated heterocycles. The van der Waals surface area contributed by atoms with Crippen molar-refractivity contribution in [3.05, 3.63) is 78.9 Å². The van der Waals surface area contributed by atoms with Crippen molar-refractivity contribution in [1.29, 1.82) is 0 Å². The fourth-order valence-corrected chi connectivity index (χ4v) is 3.22. The number of amides is 2. The van der Waals surface area contributed by atoms with Gasteiger partial charge in [0, 0.05) is 5.69 Å². The number of hydrogen-bond acceptors (Lipinski definition) is 6. The van der Waals surface area contributed by atoms with E-state index < -0.39 is 18.0 Å². The molecule has 8 nitrogen and oxygen atoms in total. The average molecular weight is 446 g/mol. The molecular weight excluding hydrogens is 424 g/mol. The summed E-state index contributed by atoms with van der Waals surface area (Å²) in [5.74, 6) is 0.282. The molecule has 1 atom stereocenters. The Morgan fingerprint density at radius 3 is 2.39 bits per heavy atom. The minimum absolute atomic E-state index is 0.162. The zero-order chi connectivity index (χ0) is 23.2. The Morgan fingerprint density at radius 1 is 0.970 bits per heavy atom. The summed E-state index contributed by atoms with van der Waals surface area (Å²) in [7, 11) is 0. The summed E-state index contributed by atoms with van der Waals surface area (Å²) in [6.45, 7) is 0.988. The van der Waals surface area contributed by atoms with Crippen LogP contribution in [-0.2, 0) is 19.1 Å². The maximum absolute atomic E-state index is 12.5. The number of nitrogens with zero attached hydrogens (tertiary/aromatic N) is 1. The average Bonchev–Trinajstić information content (AvgIpc) is 2.83. The summed E-state index contributed by atoms with van der Waals surface area (Å²) >= 11 is 0. The zero-order valence-corrected chi connectivity index (χ0v) is 17.9. The molecule has 0 fully saturated rings. The van der Waals surface area contributed by atoms with Gasteiger partial charge in [-0.2, -0.15) is 0 Å². The molecule has 8 heteroatoms. The quantitative estimate of drug-likeness (QED) is 0.555. The molecular formula is C25H22N2O6.